The second-order valence-corrected chi connectivity index (χ2v) is 7.89. The van der Waals surface area contributed by atoms with E-state index in [-0.39, 0.29) is 0 Å². The highest BCUT2D eigenvalue weighted by Gasteiger charge is 2.30. The Bertz CT molecular complexity index is 989. The first-order chi connectivity index (χ1) is 11.1. The predicted octanol–water partition coefficient (Wildman–Crippen LogP) is 3.22. The summed E-state index contributed by atoms with van der Waals surface area (Å²) in [7, 11) is -3.46. The van der Waals surface area contributed by atoms with E-state index in [0.717, 1.165) is 23.2 Å². The molecule has 118 valence electrons. The zero-order chi connectivity index (χ0) is 16.0. The van der Waals surface area contributed by atoms with Crippen molar-refractivity contribution in [1.29, 1.82) is 0 Å². The topological polar surface area (TPSA) is 53.2 Å². The Morgan fingerprint density at radius 3 is 2.61 bits per heavy atom. The number of sulfonamides is 1. The van der Waals surface area contributed by atoms with Gasteiger partial charge in [-0.05, 0) is 36.6 Å². The van der Waals surface area contributed by atoms with E-state index < -0.39 is 10.0 Å². The molecule has 0 saturated heterocycles. The number of aromatic amines is 1. The van der Waals surface area contributed by atoms with Crippen molar-refractivity contribution in [2.75, 3.05) is 6.54 Å². The van der Waals surface area contributed by atoms with Crippen LogP contribution in [0.5, 0.6) is 0 Å². The lowest BCUT2D eigenvalue weighted by molar-refractivity contribution is 0.388. The van der Waals surface area contributed by atoms with Crippen LogP contribution >= 0.6 is 0 Å². The van der Waals surface area contributed by atoms with Crippen LogP contribution in [0, 0.1) is 6.92 Å². The van der Waals surface area contributed by atoms with Crippen molar-refractivity contribution >= 4 is 20.9 Å². The molecular weight excluding hydrogens is 308 g/mol. The van der Waals surface area contributed by atoms with Gasteiger partial charge in [0.15, 0.2) is 0 Å². The maximum Gasteiger partial charge on any atom is 0.243 e. The molecule has 5 heteroatoms. The maximum atomic E-state index is 12.9. The van der Waals surface area contributed by atoms with Crippen LogP contribution in [-0.4, -0.2) is 24.3 Å². The van der Waals surface area contributed by atoms with E-state index in [1.807, 2.05) is 37.3 Å². The summed E-state index contributed by atoms with van der Waals surface area (Å²) in [6.45, 7) is 2.76. The Labute approximate surface area is 135 Å². The van der Waals surface area contributed by atoms with E-state index in [2.05, 4.69) is 11.1 Å². The van der Waals surface area contributed by atoms with E-state index >= 15 is 0 Å². The van der Waals surface area contributed by atoms with Crippen LogP contribution < -0.4 is 0 Å². The number of nitrogens with one attached hydrogen (secondary N) is 1. The second kappa shape index (κ2) is 5.22. The zero-order valence-corrected chi connectivity index (χ0v) is 13.7. The number of fused-ring (bicyclic) bond motifs is 3. The summed E-state index contributed by atoms with van der Waals surface area (Å²) >= 11 is 0. The van der Waals surface area contributed by atoms with E-state index in [9.17, 15) is 8.42 Å². The number of H-pyrrole nitrogens is 1. The van der Waals surface area contributed by atoms with Crippen molar-refractivity contribution in [1.82, 2.24) is 9.29 Å². The summed E-state index contributed by atoms with van der Waals surface area (Å²) < 4.78 is 27.5. The minimum Gasteiger partial charge on any atom is -0.357 e. The van der Waals surface area contributed by atoms with Crippen molar-refractivity contribution in [3.05, 3.63) is 65.4 Å². The Kier molecular flexibility index (Phi) is 3.28. The lowest BCUT2D eigenvalue weighted by atomic mass is 10.1. The molecule has 4 rings (SSSR count). The Morgan fingerprint density at radius 2 is 1.78 bits per heavy atom. The number of para-hydroxylation sites is 1. The second-order valence-electron chi connectivity index (χ2n) is 5.98. The van der Waals surface area contributed by atoms with Crippen LogP contribution in [0.3, 0.4) is 0 Å². The van der Waals surface area contributed by atoms with Crippen LogP contribution in [0.1, 0.15) is 16.8 Å². The molecule has 1 N–H and O–H groups in total. The predicted molar refractivity (Wildman–Crippen MR) is 90.8 cm³/mol. The van der Waals surface area contributed by atoms with E-state index in [0.29, 0.717) is 18.0 Å². The molecule has 0 aliphatic carbocycles. The highest BCUT2D eigenvalue weighted by atomic mass is 32.2. The highest BCUT2D eigenvalue weighted by Crippen LogP contribution is 2.30. The maximum absolute atomic E-state index is 12.9. The fourth-order valence-corrected chi connectivity index (χ4v) is 4.99. The van der Waals surface area contributed by atoms with Crippen LogP contribution in [0.2, 0.25) is 0 Å². The molecular formula is C18H18N2O2S. The lowest BCUT2D eigenvalue weighted by Gasteiger charge is -2.27. The third-order valence-electron chi connectivity index (χ3n) is 4.56. The number of aromatic nitrogens is 1. The summed E-state index contributed by atoms with van der Waals surface area (Å²) in [5, 5.41) is 1.20. The van der Waals surface area contributed by atoms with Gasteiger partial charge in [-0.3, -0.25) is 0 Å². The summed E-state index contributed by atoms with van der Waals surface area (Å²) in [5.41, 5.74) is 4.12. The lowest BCUT2D eigenvalue weighted by Crippen LogP contribution is -2.36. The van der Waals surface area contributed by atoms with Crippen molar-refractivity contribution in [2.24, 2.45) is 0 Å². The molecule has 4 nitrogen and oxygen atoms in total. The van der Waals surface area contributed by atoms with Crippen LogP contribution in [0.4, 0.5) is 0 Å². The first kappa shape index (κ1) is 14.5. The van der Waals surface area contributed by atoms with Gasteiger partial charge in [-0.2, -0.15) is 4.31 Å². The van der Waals surface area contributed by atoms with Gasteiger partial charge in [0.2, 0.25) is 10.0 Å². The molecule has 0 unspecified atom stereocenters. The normalized spacial score (nSPS) is 15.7. The van der Waals surface area contributed by atoms with Crippen molar-refractivity contribution in [2.45, 2.75) is 24.8 Å². The minimum absolute atomic E-state index is 0.402. The molecule has 0 radical (unpaired) electrons. The van der Waals surface area contributed by atoms with Crippen molar-refractivity contribution in [3.63, 3.8) is 0 Å². The van der Waals surface area contributed by atoms with Gasteiger partial charge in [0.1, 0.15) is 0 Å². The van der Waals surface area contributed by atoms with Gasteiger partial charge in [-0.25, -0.2) is 8.42 Å². The number of aryl methyl sites for hydroxylation is 1. The number of hydrogen-bond acceptors (Lipinski definition) is 2. The van der Waals surface area contributed by atoms with E-state index in [1.165, 1.54) is 10.9 Å². The third-order valence-corrected chi connectivity index (χ3v) is 6.56. The molecule has 0 amide bonds. The molecule has 2 aromatic carbocycles. The molecule has 0 atom stereocenters. The van der Waals surface area contributed by atoms with E-state index in [4.69, 9.17) is 0 Å². The fourth-order valence-electron chi connectivity index (χ4n) is 3.36. The number of rotatable bonds is 2. The van der Waals surface area contributed by atoms with Gasteiger partial charge in [0, 0.05) is 23.1 Å². The molecule has 0 saturated carbocycles. The van der Waals surface area contributed by atoms with E-state index in [1.54, 1.807) is 16.4 Å². The summed E-state index contributed by atoms with van der Waals surface area (Å²) in [6, 6.07) is 15.3. The standard InChI is InChI=1S/C18H18N2O2S/c1-13-6-2-5-9-18(13)23(21,22)20-11-10-15-14-7-3-4-8-16(14)19-17(15)12-20/h2-9,19H,10-12H2,1H3. The van der Waals surface area contributed by atoms with Gasteiger partial charge >= 0.3 is 0 Å². The van der Waals surface area contributed by atoms with Gasteiger partial charge in [-0.1, -0.05) is 36.4 Å². The molecule has 23 heavy (non-hydrogen) atoms. The Hall–Kier alpha value is -2.11. The number of hydrogen-bond donors (Lipinski definition) is 1. The quantitative estimate of drug-likeness (QED) is 0.786. The van der Waals surface area contributed by atoms with Gasteiger partial charge in [0.25, 0.3) is 0 Å². The molecule has 1 aliphatic heterocycles. The van der Waals surface area contributed by atoms with Gasteiger partial charge in [-0.15, -0.1) is 0 Å². The molecule has 1 aromatic heterocycles. The number of nitrogens with zero attached hydrogens (tertiary/aromatic N) is 1. The Morgan fingerprint density at radius 1 is 1.04 bits per heavy atom. The van der Waals surface area contributed by atoms with Gasteiger partial charge in [0.05, 0.1) is 11.4 Å². The summed E-state index contributed by atoms with van der Waals surface area (Å²) in [5.74, 6) is 0. The summed E-state index contributed by atoms with van der Waals surface area (Å²) in [4.78, 5) is 3.78. The Balaban J connectivity index is 1.74. The molecule has 0 spiro atoms. The average Bonchev–Trinajstić information content (AvgIpc) is 2.92. The van der Waals surface area contributed by atoms with Crippen molar-refractivity contribution < 1.29 is 8.42 Å². The monoisotopic (exact) mass is 326 g/mol. The smallest absolute Gasteiger partial charge is 0.243 e. The minimum atomic E-state index is -3.46. The summed E-state index contributed by atoms with van der Waals surface area (Å²) in [6.07, 6.45) is 0.741. The van der Waals surface area contributed by atoms with Crippen LogP contribution in [0.25, 0.3) is 10.9 Å². The molecule has 0 bridgehead atoms. The molecule has 2 heterocycles. The third kappa shape index (κ3) is 2.28. The first-order valence-corrected chi connectivity index (χ1v) is 9.15. The van der Waals surface area contributed by atoms with Gasteiger partial charge < -0.3 is 4.98 Å². The van der Waals surface area contributed by atoms with Crippen LogP contribution in [-0.2, 0) is 23.0 Å². The zero-order valence-electron chi connectivity index (χ0n) is 12.9. The van der Waals surface area contributed by atoms with Crippen LogP contribution in [0.15, 0.2) is 53.4 Å². The molecule has 1 aliphatic rings. The fraction of sp³-hybridized carbons (Fsp3) is 0.222. The first-order valence-electron chi connectivity index (χ1n) is 7.71. The molecule has 0 fully saturated rings. The SMILES string of the molecule is Cc1ccccc1S(=O)(=O)N1CCc2c([nH]c3ccccc23)C1. The highest BCUT2D eigenvalue weighted by molar-refractivity contribution is 7.89. The largest absolute Gasteiger partial charge is 0.357 e. The number of benzene rings is 2. The average molecular weight is 326 g/mol. The van der Waals surface area contributed by atoms with Crippen molar-refractivity contribution in [3.8, 4) is 0 Å². The molecule has 3 aromatic rings.